The van der Waals surface area contributed by atoms with E-state index in [1.54, 1.807) is 19.1 Å². The molecule has 1 amide bonds. The van der Waals surface area contributed by atoms with E-state index in [9.17, 15) is 4.79 Å². The number of aryl methyl sites for hydroxylation is 1. The first-order valence-corrected chi connectivity index (χ1v) is 11.6. The summed E-state index contributed by atoms with van der Waals surface area (Å²) < 4.78 is 12.5. The fourth-order valence-corrected chi connectivity index (χ4v) is 4.64. The highest BCUT2D eigenvalue weighted by Gasteiger charge is 2.33. The smallest absolute Gasteiger partial charge is 0.266 e. The number of aliphatic imine (C=N–C) groups is 1. The van der Waals surface area contributed by atoms with E-state index in [1.165, 1.54) is 11.8 Å². The SMILES string of the molecule is COCCCN1C(=O)/C(=C\c2cc(C)n(-c3ccc(OC)cc3)c2)SC1=Nc1ccccc1. The molecule has 0 N–H and O–H groups in total. The van der Waals surface area contributed by atoms with Crippen molar-refractivity contribution < 1.29 is 14.3 Å². The third kappa shape index (κ3) is 5.38. The third-order valence-corrected chi connectivity index (χ3v) is 6.29. The highest BCUT2D eigenvalue weighted by Crippen LogP contribution is 2.34. The number of para-hydroxylation sites is 1. The molecular weight excluding hydrogens is 434 g/mol. The second-order valence-corrected chi connectivity index (χ2v) is 8.64. The van der Waals surface area contributed by atoms with Crippen molar-refractivity contribution in [1.82, 2.24) is 9.47 Å². The molecule has 0 spiro atoms. The molecule has 1 saturated heterocycles. The van der Waals surface area contributed by atoms with Gasteiger partial charge in [-0.2, -0.15) is 0 Å². The van der Waals surface area contributed by atoms with E-state index in [1.807, 2.05) is 66.9 Å². The topological polar surface area (TPSA) is 56.1 Å². The molecule has 1 fully saturated rings. The normalized spacial score (nSPS) is 16.2. The van der Waals surface area contributed by atoms with Crippen LogP contribution in [0, 0.1) is 6.92 Å². The van der Waals surface area contributed by atoms with Gasteiger partial charge in [-0.15, -0.1) is 0 Å². The second kappa shape index (κ2) is 10.6. The fraction of sp³-hybridized carbons (Fsp3) is 0.231. The largest absolute Gasteiger partial charge is 0.497 e. The number of ether oxygens (including phenoxy) is 2. The van der Waals surface area contributed by atoms with Crippen molar-refractivity contribution in [3.63, 3.8) is 0 Å². The van der Waals surface area contributed by atoms with Gasteiger partial charge in [-0.3, -0.25) is 9.69 Å². The summed E-state index contributed by atoms with van der Waals surface area (Å²) in [6.07, 6.45) is 4.73. The summed E-state index contributed by atoms with van der Waals surface area (Å²) in [4.78, 5) is 20.4. The van der Waals surface area contributed by atoms with Crippen molar-refractivity contribution in [1.29, 1.82) is 0 Å². The van der Waals surface area contributed by atoms with Gasteiger partial charge in [0.05, 0.1) is 17.7 Å². The van der Waals surface area contributed by atoms with Crippen LogP contribution in [0.5, 0.6) is 5.75 Å². The van der Waals surface area contributed by atoms with Crippen LogP contribution in [0.25, 0.3) is 11.8 Å². The molecule has 1 aliphatic heterocycles. The lowest BCUT2D eigenvalue weighted by Crippen LogP contribution is -2.30. The molecular formula is C26H27N3O3S. The number of aromatic nitrogens is 1. The Balaban J connectivity index is 1.62. The first-order chi connectivity index (χ1) is 16.1. The predicted octanol–water partition coefficient (Wildman–Crippen LogP) is 5.43. The number of amides is 1. The Hall–Kier alpha value is -3.29. The summed E-state index contributed by atoms with van der Waals surface area (Å²) in [6, 6.07) is 19.7. The molecule has 0 radical (unpaired) electrons. The van der Waals surface area contributed by atoms with Gasteiger partial charge in [0.2, 0.25) is 0 Å². The maximum atomic E-state index is 13.2. The zero-order valence-corrected chi connectivity index (χ0v) is 19.8. The fourth-order valence-electron chi connectivity index (χ4n) is 3.62. The molecule has 2 aromatic carbocycles. The molecule has 0 aliphatic carbocycles. The van der Waals surface area contributed by atoms with Crippen LogP contribution in [0.1, 0.15) is 17.7 Å². The lowest BCUT2D eigenvalue weighted by Gasteiger charge is -2.15. The summed E-state index contributed by atoms with van der Waals surface area (Å²) >= 11 is 1.41. The predicted molar refractivity (Wildman–Crippen MR) is 134 cm³/mol. The second-order valence-electron chi connectivity index (χ2n) is 7.63. The van der Waals surface area contributed by atoms with Crippen molar-refractivity contribution in [3.05, 3.63) is 83.0 Å². The number of hydrogen-bond acceptors (Lipinski definition) is 5. The summed E-state index contributed by atoms with van der Waals surface area (Å²) in [6.45, 7) is 3.21. The summed E-state index contributed by atoms with van der Waals surface area (Å²) in [7, 11) is 3.32. The molecule has 2 heterocycles. The molecule has 0 atom stereocenters. The molecule has 6 nitrogen and oxygen atoms in total. The zero-order valence-electron chi connectivity index (χ0n) is 19.0. The number of nitrogens with zero attached hydrogens (tertiary/aromatic N) is 3. The molecule has 3 aromatic rings. The molecule has 170 valence electrons. The minimum Gasteiger partial charge on any atom is -0.497 e. The van der Waals surface area contributed by atoms with Gasteiger partial charge in [0.1, 0.15) is 5.75 Å². The maximum Gasteiger partial charge on any atom is 0.266 e. The minimum absolute atomic E-state index is 0.0272. The van der Waals surface area contributed by atoms with E-state index < -0.39 is 0 Å². The molecule has 0 bridgehead atoms. The van der Waals surface area contributed by atoms with E-state index in [4.69, 9.17) is 14.5 Å². The Morgan fingerprint density at radius 3 is 2.52 bits per heavy atom. The average Bonchev–Trinajstić information content (AvgIpc) is 3.34. The Morgan fingerprint density at radius 2 is 1.82 bits per heavy atom. The Morgan fingerprint density at radius 1 is 1.06 bits per heavy atom. The van der Waals surface area contributed by atoms with E-state index in [-0.39, 0.29) is 5.91 Å². The highest BCUT2D eigenvalue weighted by atomic mass is 32.2. The number of carbonyl (C=O) groups excluding carboxylic acids is 1. The van der Waals surface area contributed by atoms with Crippen molar-refractivity contribution in [2.75, 3.05) is 27.4 Å². The first kappa shape index (κ1) is 22.9. The number of benzene rings is 2. The molecule has 7 heteroatoms. The van der Waals surface area contributed by atoms with Crippen LogP contribution in [0.3, 0.4) is 0 Å². The number of amidine groups is 1. The minimum atomic E-state index is -0.0272. The van der Waals surface area contributed by atoms with Crippen LogP contribution in [-0.2, 0) is 9.53 Å². The summed E-state index contributed by atoms with van der Waals surface area (Å²) in [5.41, 5.74) is 3.91. The average molecular weight is 462 g/mol. The Kier molecular flexibility index (Phi) is 7.32. The van der Waals surface area contributed by atoms with Crippen LogP contribution >= 0.6 is 11.8 Å². The van der Waals surface area contributed by atoms with Gasteiger partial charge in [-0.25, -0.2) is 4.99 Å². The maximum absolute atomic E-state index is 13.2. The monoisotopic (exact) mass is 461 g/mol. The van der Waals surface area contributed by atoms with E-state index in [0.717, 1.165) is 34.8 Å². The van der Waals surface area contributed by atoms with Crippen LogP contribution < -0.4 is 4.74 Å². The van der Waals surface area contributed by atoms with Gasteiger partial charge in [0.25, 0.3) is 5.91 Å². The van der Waals surface area contributed by atoms with Crippen LogP contribution in [-0.4, -0.2) is 47.9 Å². The summed E-state index contributed by atoms with van der Waals surface area (Å²) in [5, 5.41) is 0.694. The van der Waals surface area contributed by atoms with Gasteiger partial charge < -0.3 is 14.0 Å². The first-order valence-electron chi connectivity index (χ1n) is 10.8. The number of methoxy groups -OCH3 is 2. The van der Waals surface area contributed by atoms with Gasteiger partial charge in [0.15, 0.2) is 5.17 Å². The van der Waals surface area contributed by atoms with Crippen LogP contribution in [0.15, 0.2) is 76.8 Å². The van der Waals surface area contributed by atoms with Gasteiger partial charge in [-0.05, 0) is 79.2 Å². The molecule has 0 unspecified atom stereocenters. The van der Waals surface area contributed by atoms with Crippen LogP contribution in [0.4, 0.5) is 5.69 Å². The number of rotatable bonds is 8. The molecule has 1 aromatic heterocycles. The number of hydrogen-bond donors (Lipinski definition) is 0. The van der Waals surface area contributed by atoms with Crippen molar-refractivity contribution in [2.24, 2.45) is 4.99 Å². The zero-order chi connectivity index (χ0) is 23.2. The van der Waals surface area contributed by atoms with Crippen molar-refractivity contribution in [2.45, 2.75) is 13.3 Å². The highest BCUT2D eigenvalue weighted by molar-refractivity contribution is 8.18. The van der Waals surface area contributed by atoms with Crippen molar-refractivity contribution in [3.8, 4) is 11.4 Å². The molecule has 0 saturated carbocycles. The lowest BCUT2D eigenvalue weighted by molar-refractivity contribution is -0.122. The standard InChI is InChI=1S/C26H27N3O3S/c1-19-16-20(18-29(19)22-10-12-23(32-3)13-11-22)17-24-25(30)28(14-7-15-31-2)26(33-24)27-21-8-5-4-6-9-21/h4-6,8-13,16-18H,7,14-15H2,1-3H3/b24-17+,27-26?. The van der Waals surface area contributed by atoms with Gasteiger partial charge in [-0.1, -0.05) is 18.2 Å². The Labute approximate surface area is 198 Å². The lowest BCUT2D eigenvalue weighted by atomic mass is 10.2. The van der Waals surface area contributed by atoms with E-state index >= 15 is 0 Å². The van der Waals surface area contributed by atoms with Gasteiger partial charge >= 0.3 is 0 Å². The van der Waals surface area contributed by atoms with Gasteiger partial charge in [0, 0.05) is 37.8 Å². The number of thioether (sulfide) groups is 1. The third-order valence-electron chi connectivity index (χ3n) is 5.28. The molecule has 33 heavy (non-hydrogen) atoms. The van der Waals surface area contributed by atoms with E-state index in [0.29, 0.717) is 23.2 Å². The number of carbonyl (C=O) groups is 1. The van der Waals surface area contributed by atoms with Crippen LogP contribution in [0.2, 0.25) is 0 Å². The molecule has 4 rings (SSSR count). The Bertz CT molecular complexity index is 1170. The van der Waals surface area contributed by atoms with Crippen molar-refractivity contribution >= 4 is 34.6 Å². The summed E-state index contributed by atoms with van der Waals surface area (Å²) in [5.74, 6) is 0.790. The quantitative estimate of drug-likeness (QED) is 0.331. The molecule has 1 aliphatic rings. The van der Waals surface area contributed by atoms with E-state index in [2.05, 4.69) is 17.6 Å².